The van der Waals surface area contributed by atoms with Gasteiger partial charge in [-0.15, -0.1) is 0 Å². The van der Waals surface area contributed by atoms with Crippen molar-refractivity contribution in [1.82, 2.24) is 16.0 Å². The van der Waals surface area contributed by atoms with Gasteiger partial charge in [0.25, 0.3) is 0 Å². The van der Waals surface area contributed by atoms with Gasteiger partial charge in [0.05, 0.1) is 18.7 Å². The van der Waals surface area contributed by atoms with E-state index < -0.39 is 60.4 Å². The monoisotopic (exact) mass is 418 g/mol. The van der Waals surface area contributed by atoms with E-state index >= 15 is 0 Å². The Balaban J connectivity index is 4.78. The average Bonchev–Trinajstić information content (AvgIpc) is 2.64. The number of aliphatic hydroxyl groups is 1. The number of rotatable bonds is 13. The van der Waals surface area contributed by atoms with E-state index in [-0.39, 0.29) is 18.8 Å². The molecule has 0 bridgehead atoms. The van der Waals surface area contributed by atoms with E-state index in [4.69, 9.17) is 15.9 Å². The molecule has 0 aromatic carbocycles. The molecular formula is C17H30N4O8. The van der Waals surface area contributed by atoms with Crippen LogP contribution in [-0.2, 0) is 24.0 Å². The Morgan fingerprint density at radius 2 is 1.55 bits per heavy atom. The first-order chi connectivity index (χ1) is 13.4. The van der Waals surface area contributed by atoms with Crippen molar-refractivity contribution in [3.63, 3.8) is 0 Å². The molecule has 0 saturated heterocycles. The summed E-state index contributed by atoms with van der Waals surface area (Å²) < 4.78 is 0. The van der Waals surface area contributed by atoms with Gasteiger partial charge in [-0.3, -0.25) is 19.2 Å². The lowest BCUT2D eigenvalue weighted by atomic mass is 9.99. The summed E-state index contributed by atoms with van der Waals surface area (Å²) in [6, 6.07) is -3.75. The molecule has 0 aromatic rings. The molecule has 0 spiro atoms. The van der Waals surface area contributed by atoms with Crippen molar-refractivity contribution in [2.75, 3.05) is 6.54 Å². The summed E-state index contributed by atoms with van der Waals surface area (Å²) in [6.45, 7) is 4.09. The number of carboxylic acids is 2. The lowest BCUT2D eigenvalue weighted by Gasteiger charge is -2.23. The van der Waals surface area contributed by atoms with Gasteiger partial charge in [0, 0.05) is 6.42 Å². The van der Waals surface area contributed by atoms with Crippen molar-refractivity contribution in [3.8, 4) is 0 Å². The molecule has 12 heteroatoms. The predicted octanol–water partition coefficient (Wildman–Crippen LogP) is -2.22. The van der Waals surface area contributed by atoms with Crippen LogP contribution in [-0.4, -0.2) is 75.8 Å². The van der Waals surface area contributed by atoms with Crippen LogP contribution in [0.25, 0.3) is 0 Å². The highest BCUT2D eigenvalue weighted by Crippen LogP contribution is 2.07. The first-order valence-electron chi connectivity index (χ1n) is 9.16. The normalized spacial score (nSPS) is 15.9. The molecule has 29 heavy (non-hydrogen) atoms. The van der Waals surface area contributed by atoms with Crippen LogP contribution in [0.4, 0.5) is 0 Å². The zero-order valence-electron chi connectivity index (χ0n) is 16.7. The van der Waals surface area contributed by atoms with Crippen molar-refractivity contribution in [2.24, 2.45) is 11.7 Å². The molecule has 0 saturated carbocycles. The summed E-state index contributed by atoms with van der Waals surface area (Å²) in [4.78, 5) is 57.9. The smallest absolute Gasteiger partial charge is 0.326 e. The van der Waals surface area contributed by atoms with Gasteiger partial charge < -0.3 is 37.0 Å². The molecule has 0 aliphatic rings. The van der Waals surface area contributed by atoms with Crippen LogP contribution in [0.5, 0.6) is 0 Å². The van der Waals surface area contributed by atoms with Crippen LogP contribution in [0.3, 0.4) is 0 Å². The van der Waals surface area contributed by atoms with E-state index in [1.54, 1.807) is 13.8 Å². The Morgan fingerprint density at radius 1 is 0.966 bits per heavy atom. The molecule has 0 aliphatic heterocycles. The minimum absolute atomic E-state index is 0.163. The van der Waals surface area contributed by atoms with Crippen LogP contribution in [0.2, 0.25) is 0 Å². The third kappa shape index (κ3) is 9.85. The number of amides is 3. The van der Waals surface area contributed by atoms with Gasteiger partial charge >= 0.3 is 11.9 Å². The number of nitrogens with one attached hydrogen (secondary N) is 3. The fraction of sp³-hybridized carbons (Fsp3) is 0.706. The van der Waals surface area contributed by atoms with Crippen LogP contribution < -0.4 is 21.7 Å². The minimum atomic E-state index is -1.43. The zero-order chi connectivity index (χ0) is 22.7. The molecule has 0 fully saturated rings. The van der Waals surface area contributed by atoms with Gasteiger partial charge in [0.1, 0.15) is 12.1 Å². The first-order valence-corrected chi connectivity index (χ1v) is 9.16. The second kappa shape index (κ2) is 12.7. The fourth-order valence-electron chi connectivity index (χ4n) is 2.26. The van der Waals surface area contributed by atoms with Gasteiger partial charge in [-0.25, -0.2) is 4.79 Å². The quantitative estimate of drug-likeness (QED) is 0.172. The summed E-state index contributed by atoms with van der Waals surface area (Å²) in [6.07, 6.45) is -1.33. The average molecular weight is 418 g/mol. The number of nitrogens with two attached hydrogens (primary N) is 1. The summed E-state index contributed by atoms with van der Waals surface area (Å²) in [5, 5.41) is 34.2. The van der Waals surface area contributed by atoms with Crippen LogP contribution in [0.1, 0.15) is 40.0 Å². The highest BCUT2D eigenvalue weighted by Gasteiger charge is 2.29. The number of hydrogen-bond donors (Lipinski definition) is 7. The van der Waals surface area contributed by atoms with Crippen molar-refractivity contribution in [2.45, 2.75) is 64.3 Å². The number of aliphatic hydroxyl groups excluding tert-OH is 1. The van der Waals surface area contributed by atoms with Gasteiger partial charge in [0.2, 0.25) is 17.7 Å². The van der Waals surface area contributed by atoms with Crippen LogP contribution in [0.15, 0.2) is 0 Å². The van der Waals surface area contributed by atoms with E-state index in [2.05, 4.69) is 16.0 Å². The number of carboxylic acid groups (broad SMARTS) is 2. The highest BCUT2D eigenvalue weighted by atomic mass is 16.4. The second-order valence-electron chi connectivity index (χ2n) is 6.75. The summed E-state index contributed by atoms with van der Waals surface area (Å²) in [5.41, 5.74) is 5.55. The standard InChI is InChI=1S/C17H30N4O8/c1-4-8(2)13(17(28)29)20-11(23)7-19-16(27)14(9(3)22)21-15(26)10(18)5-6-12(24)25/h8-10,13-14,22H,4-7,18H2,1-3H3,(H,19,27)(H,20,23)(H,21,26)(H,24,25)(H,28,29). The molecule has 0 rings (SSSR count). The molecule has 3 amide bonds. The SMILES string of the molecule is CCC(C)C(NC(=O)CNC(=O)C(NC(=O)C(N)CCC(=O)O)C(C)O)C(=O)O. The number of hydrogen-bond acceptors (Lipinski definition) is 7. The minimum Gasteiger partial charge on any atom is -0.481 e. The molecule has 0 aromatic heterocycles. The van der Waals surface area contributed by atoms with Gasteiger partial charge in [-0.2, -0.15) is 0 Å². The summed E-state index contributed by atoms with van der Waals surface area (Å²) >= 11 is 0. The molecular weight excluding hydrogens is 388 g/mol. The van der Waals surface area contributed by atoms with Crippen molar-refractivity contribution >= 4 is 29.7 Å². The first kappa shape index (κ1) is 26.3. The molecule has 12 nitrogen and oxygen atoms in total. The number of carbonyl (C=O) groups is 5. The van der Waals surface area contributed by atoms with Crippen molar-refractivity contribution in [1.29, 1.82) is 0 Å². The van der Waals surface area contributed by atoms with Crippen molar-refractivity contribution < 1.29 is 39.3 Å². The lowest BCUT2D eigenvalue weighted by Crippen LogP contribution is -2.57. The molecule has 0 radical (unpaired) electrons. The molecule has 5 atom stereocenters. The molecule has 8 N–H and O–H groups in total. The van der Waals surface area contributed by atoms with E-state index in [0.29, 0.717) is 6.42 Å². The third-order valence-corrected chi connectivity index (χ3v) is 4.29. The maximum atomic E-state index is 12.2. The Bertz CT molecular complexity index is 610. The molecule has 166 valence electrons. The maximum Gasteiger partial charge on any atom is 0.326 e. The number of aliphatic carboxylic acids is 2. The topological polar surface area (TPSA) is 208 Å². The summed E-state index contributed by atoms with van der Waals surface area (Å²) in [7, 11) is 0. The van der Waals surface area contributed by atoms with Gasteiger partial charge in [-0.1, -0.05) is 20.3 Å². The van der Waals surface area contributed by atoms with E-state index in [0.717, 1.165) is 0 Å². The largest absolute Gasteiger partial charge is 0.481 e. The molecule has 5 unspecified atom stereocenters. The van der Waals surface area contributed by atoms with Gasteiger partial charge in [-0.05, 0) is 19.3 Å². The Kier molecular flexibility index (Phi) is 11.5. The zero-order valence-corrected chi connectivity index (χ0v) is 16.7. The Morgan fingerprint density at radius 3 is 2.00 bits per heavy atom. The Labute approximate surface area is 168 Å². The fourth-order valence-corrected chi connectivity index (χ4v) is 2.26. The van der Waals surface area contributed by atoms with Crippen molar-refractivity contribution in [3.05, 3.63) is 0 Å². The maximum absolute atomic E-state index is 12.2. The predicted molar refractivity (Wildman–Crippen MR) is 100 cm³/mol. The number of carbonyl (C=O) groups excluding carboxylic acids is 3. The molecule has 0 heterocycles. The Hall–Kier alpha value is -2.73. The van der Waals surface area contributed by atoms with Gasteiger partial charge in [0.15, 0.2) is 0 Å². The second-order valence-corrected chi connectivity index (χ2v) is 6.75. The van der Waals surface area contributed by atoms with E-state index in [1.807, 2.05) is 0 Å². The van der Waals surface area contributed by atoms with E-state index in [9.17, 15) is 29.1 Å². The summed E-state index contributed by atoms with van der Waals surface area (Å²) in [5.74, 6) is -5.14. The third-order valence-electron chi connectivity index (χ3n) is 4.29. The lowest BCUT2D eigenvalue weighted by molar-refractivity contribution is -0.143. The highest BCUT2D eigenvalue weighted by molar-refractivity contribution is 5.93. The molecule has 0 aliphatic carbocycles. The van der Waals surface area contributed by atoms with Crippen LogP contribution >= 0.6 is 0 Å². The van der Waals surface area contributed by atoms with E-state index in [1.165, 1.54) is 6.92 Å². The van der Waals surface area contributed by atoms with Crippen LogP contribution in [0, 0.1) is 5.92 Å².